The number of rotatable bonds is 5. The van der Waals surface area contributed by atoms with Crippen molar-refractivity contribution in [2.45, 2.75) is 0 Å². The molecule has 0 aliphatic carbocycles. The van der Waals surface area contributed by atoms with Gasteiger partial charge in [-0.3, -0.25) is 9.69 Å². The van der Waals surface area contributed by atoms with Crippen LogP contribution in [0.4, 0.5) is 5.69 Å². The number of para-hydroxylation sites is 1. The first-order chi connectivity index (χ1) is 13.0. The maximum Gasteiger partial charge on any atom is 0.270 e. The lowest BCUT2D eigenvalue weighted by molar-refractivity contribution is -0.113. The fraction of sp³-hybridized carbons (Fsp3) is 0.158. The highest BCUT2D eigenvalue weighted by Gasteiger charge is 2.34. The topological polar surface area (TPSA) is 48.0 Å². The summed E-state index contributed by atoms with van der Waals surface area (Å²) in [5.74, 6) is 1.36. The molecule has 1 saturated heterocycles. The lowest BCUT2D eigenvalue weighted by Crippen LogP contribution is -2.27. The summed E-state index contributed by atoms with van der Waals surface area (Å²) in [5.41, 5.74) is 1.46. The first kappa shape index (κ1) is 19.7. The maximum atomic E-state index is 12.9. The summed E-state index contributed by atoms with van der Waals surface area (Å²) in [5, 5.41) is 0. The molecule has 1 fully saturated rings. The highest BCUT2D eigenvalue weighted by atomic mass is 79.9. The van der Waals surface area contributed by atoms with Gasteiger partial charge in [-0.2, -0.15) is 0 Å². The van der Waals surface area contributed by atoms with E-state index in [0.717, 1.165) is 10.0 Å². The number of nitrogens with zero attached hydrogens (tertiary/aromatic N) is 1. The molecule has 27 heavy (non-hydrogen) atoms. The average molecular weight is 466 g/mol. The Hall–Kier alpha value is -2.03. The summed E-state index contributed by atoms with van der Waals surface area (Å²) >= 11 is 10.2. The molecule has 140 valence electrons. The number of amides is 1. The van der Waals surface area contributed by atoms with E-state index in [9.17, 15) is 4.79 Å². The van der Waals surface area contributed by atoms with Gasteiger partial charge in [0, 0.05) is 4.47 Å². The number of carbonyl (C=O) groups is 1. The molecule has 2 aromatic rings. The molecular weight excluding hydrogens is 450 g/mol. The fourth-order valence-electron chi connectivity index (χ4n) is 2.64. The monoisotopic (exact) mass is 465 g/mol. The molecule has 0 bridgehead atoms. The van der Waals surface area contributed by atoms with Crippen molar-refractivity contribution in [2.75, 3.05) is 26.2 Å². The summed E-state index contributed by atoms with van der Waals surface area (Å²) in [6.45, 7) is 0. The van der Waals surface area contributed by atoms with E-state index in [-0.39, 0.29) is 5.91 Å². The number of halogens is 1. The molecule has 1 aliphatic heterocycles. The molecule has 8 heteroatoms. The van der Waals surface area contributed by atoms with Crippen LogP contribution in [0, 0.1) is 0 Å². The normalized spacial score (nSPS) is 15.4. The second kappa shape index (κ2) is 8.33. The lowest BCUT2D eigenvalue weighted by atomic mass is 10.1. The number of thiocarbonyl (C=S) groups is 1. The Balaban J connectivity index is 2.00. The Labute approximate surface area is 175 Å². The first-order valence-corrected chi connectivity index (χ1v) is 9.84. The average Bonchev–Trinajstić information content (AvgIpc) is 2.94. The zero-order chi connectivity index (χ0) is 19.6. The first-order valence-electron chi connectivity index (χ1n) is 7.82. The molecule has 1 amide bonds. The van der Waals surface area contributed by atoms with Crippen molar-refractivity contribution in [3.63, 3.8) is 0 Å². The van der Waals surface area contributed by atoms with Crippen LogP contribution in [0.5, 0.6) is 17.2 Å². The third-order valence-corrected chi connectivity index (χ3v) is 5.84. The lowest BCUT2D eigenvalue weighted by Gasteiger charge is -2.16. The Kier molecular flexibility index (Phi) is 6.08. The van der Waals surface area contributed by atoms with Gasteiger partial charge < -0.3 is 14.2 Å². The Bertz CT molecular complexity index is 920. The minimum Gasteiger partial charge on any atom is -0.493 e. The molecular formula is C19H16BrNO4S2. The second-order valence-electron chi connectivity index (χ2n) is 5.43. The predicted octanol–water partition coefficient (Wildman–Crippen LogP) is 4.88. The van der Waals surface area contributed by atoms with Crippen molar-refractivity contribution >= 4 is 61.9 Å². The molecule has 0 unspecified atom stereocenters. The van der Waals surface area contributed by atoms with Gasteiger partial charge >= 0.3 is 0 Å². The van der Waals surface area contributed by atoms with Gasteiger partial charge in [-0.1, -0.05) is 36.1 Å². The van der Waals surface area contributed by atoms with E-state index < -0.39 is 0 Å². The van der Waals surface area contributed by atoms with Crippen molar-refractivity contribution in [2.24, 2.45) is 0 Å². The molecule has 0 saturated carbocycles. The van der Waals surface area contributed by atoms with Crippen molar-refractivity contribution in [1.29, 1.82) is 0 Å². The van der Waals surface area contributed by atoms with E-state index in [0.29, 0.717) is 32.2 Å². The smallest absolute Gasteiger partial charge is 0.270 e. The number of anilines is 1. The third kappa shape index (κ3) is 3.83. The highest BCUT2D eigenvalue weighted by Crippen LogP contribution is 2.42. The van der Waals surface area contributed by atoms with Gasteiger partial charge in [0.15, 0.2) is 15.8 Å². The summed E-state index contributed by atoms with van der Waals surface area (Å²) in [4.78, 5) is 15.0. The molecule has 5 nitrogen and oxygen atoms in total. The van der Waals surface area contributed by atoms with E-state index in [1.165, 1.54) is 16.7 Å². The Morgan fingerprint density at radius 2 is 1.70 bits per heavy atom. The van der Waals surface area contributed by atoms with Gasteiger partial charge in [0.1, 0.15) is 0 Å². The summed E-state index contributed by atoms with van der Waals surface area (Å²) in [6.07, 6.45) is 1.76. The number of hydrogen-bond acceptors (Lipinski definition) is 6. The Morgan fingerprint density at radius 1 is 1.07 bits per heavy atom. The molecule has 1 heterocycles. The number of ether oxygens (including phenoxy) is 3. The van der Waals surface area contributed by atoms with Crippen LogP contribution in [-0.2, 0) is 4.79 Å². The number of hydrogen-bond donors (Lipinski definition) is 0. The van der Waals surface area contributed by atoms with Crippen molar-refractivity contribution in [3.05, 3.63) is 51.3 Å². The van der Waals surface area contributed by atoms with Gasteiger partial charge in [0.2, 0.25) is 5.75 Å². The molecule has 0 radical (unpaired) electrons. The largest absolute Gasteiger partial charge is 0.493 e. The molecule has 0 spiro atoms. The van der Waals surface area contributed by atoms with Crippen LogP contribution in [0.3, 0.4) is 0 Å². The van der Waals surface area contributed by atoms with Crippen LogP contribution in [-0.4, -0.2) is 31.6 Å². The van der Waals surface area contributed by atoms with Gasteiger partial charge in [-0.05, 0) is 51.8 Å². The summed E-state index contributed by atoms with van der Waals surface area (Å²) < 4.78 is 17.4. The SMILES string of the molecule is COc1cc(C=C2SC(=S)N(c3ccccc3Br)C2=O)cc(OC)c1OC. The van der Waals surface area contributed by atoms with E-state index in [1.807, 2.05) is 24.3 Å². The minimum absolute atomic E-state index is 0.175. The van der Waals surface area contributed by atoms with E-state index in [1.54, 1.807) is 39.5 Å². The minimum atomic E-state index is -0.175. The standard InChI is InChI=1S/C19H16BrNO4S2/c1-23-14-8-11(9-15(24-2)17(14)25-3)10-16-18(22)21(19(26)27-16)13-7-5-4-6-12(13)20/h4-10H,1-3H3. The molecule has 0 N–H and O–H groups in total. The van der Waals surface area contributed by atoms with Gasteiger partial charge in [-0.25, -0.2) is 0 Å². The number of carbonyl (C=O) groups excluding carboxylic acids is 1. The second-order valence-corrected chi connectivity index (χ2v) is 7.96. The summed E-state index contributed by atoms with van der Waals surface area (Å²) in [6, 6.07) is 11.0. The van der Waals surface area contributed by atoms with E-state index >= 15 is 0 Å². The molecule has 3 rings (SSSR count). The van der Waals surface area contributed by atoms with Crippen LogP contribution in [0.25, 0.3) is 6.08 Å². The van der Waals surface area contributed by atoms with Crippen LogP contribution in [0.1, 0.15) is 5.56 Å². The van der Waals surface area contributed by atoms with Crippen molar-refractivity contribution in [3.8, 4) is 17.2 Å². The number of benzene rings is 2. The molecule has 0 aromatic heterocycles. The predicted molar refractivity (Wildman–Crippen MR) is 116 cm³/mol. The Morgan fingerprint density at radius 3 is 2.26 bits per heavy atom. The van der Waals surface area contributed by atoms with Crippen LogP contribution < -0.4 is 19.1 Å². The molecule has 2 aromatic carbocycles. The van der Waals surface area contributed by atoms with E-state index in [2.05, 4.69) is 15.9 Å². The van der Waals surface area contributed by atoms with Gasteiger partial charge in [-0.15, -0.1) is 0 Å². The van der Waals surface area contributed by atoms with Gasteiger partial charge in [0.05, 0.1) is 31.9 Å². The summed E-state index contributed by atoms with van der Waals surface area (Å²) in [7, 11) is 4.64. The van der Waals surface area contributed by atoms with Crippen LogP contribution >= 0.6 is 39.9 Å². The molecule has 1 aliphatic rings. The fourth-order valence-corrected chi connectivity index (χ4v) is 4.39. The third-order valence-electron chi connectivity index (χ3n) is 3.87. The number of thioether (sulfide) groups is 1. The van der Waals surface area contributed by atoms with Crippen LogP contribution in [0.2, 0.25) is 0 Å². The number of methoxy groups -OCH3 is 3. The zero-order valence-electron chi connectivity index (χ0n) is 14.8. The van der Waals surface area contributed by atoms with E-state index in [4.69, 9.17) is 26.4 Å². The van der Waals surface area contributed by atoms with Gasteiger partial charge in [0.25, 0.3) is 5.91 Å². The quantitative estimate of drug-likeness (QED) is 0.463. The van der Waals surface area contributed by atoms with Crippen LogP contribution in [0.15, 0.2) is 45.8 Å². The van der Waals surface area contributed by atoms with Crippen molar-refractivity contribution in [1.82, 2.24) is 0 Å². The zero-order valence-corrected chi connectivity index (χ0v) is 18.0. The van der Waals surface area contributed by atoms with Crippen molar-refractivity contribution < 1.29 is 19.0 Å². The highest BCUT2D eigenvalue weighted by molar-refractivity contribution is 9.10. The molecule has 0 atom stereocenters. The maximum absolute atomic E-state index is 12.9.